The lowest BCUT2D eigenvalue weighted by Crippen LogP contribution is -2.51. The number of hydrogen-bond acceptors (Lipinski definition) is 2. The maximum atomic E-state index is 7.82. The van der Waals surface area contributed by atoms with Gasteiger partial charge in [0.05, 0.1) is 11.9 Å². The van der Waals surface area contributed by atoms with E-state index in [0.29, 0.717) is 12.1 Å². The van der Waals surface area contributed by atoms with Gasteiger partial charge in [0, 0.05) is 26.1 Å². The number of likely N-dealkylation sites (tertiary alicyclic amines) is 1. The molecular weight excluding hydrogens is 164 g/mol. The largest absolute Gasteiger partial charge is 0.381 e. The van der Waals surface area contributed by atoms with Gasteiger partial charge in [-0.15, -0.1) is 0 Å². The third kappa shape index (κ3) is 1.70. The minimum absolute atomic E-state index is 0.458. The van der Waals surface area contributed by atoms with Crippen LogP contribution in [0.4, 0.5) is 0 Å². The monoisotopic (exact) mass is 182 g/mol. The van der Waals surface area contributed by atoms with Crippen molar-refractivity contribution in [2.24, 2.45) is 0 Å². The summed E-state index contributed by atoms with van der Waals surface area (Å²) in [7, 11) is 1.78. The summed E-state index contributed by atoms with van der Waals surface area (Å²) < 4.78 is 5.25. The maximum Gasteiger partial charge on any atom is 0.0960 e. The van der Waals surface area contributed by atoms with Crippen LogP contribution in [-0.2, 0) is 4.74 Å². The van der Waals surface area contributed by atoms with Gasteiger partial charge >= 0.3 is 0 Å². The Morgan fingerprint density at radius 3 is 2.77 bits per heavy atom. The van der Waals surface area contributed by atoms with Crippen molar-refractivity contribution in [2.75, 3.05) is 13.7 Å². The lowest BCUT2D eigenvalue weighted by Gasteiger charge is -2.45. The molecule has 1 heterocycles. The van der Waals surface area contributed by atoms with Crippen LogP contribution in [0.2, 0.25) is 0 Å². The average Bonchev–Trinajstić information content (AvgIpc) is 2.06. The van der Waals surface area contributed by atoms with Gasteiger partial charge in [0.2, 0.25) is 0 Å². The molecule has 0 aromatic heterocycles. The second-order valence-electron chi connectivity index (χ2n) is 4.08. The van der Waals surface area contributed by atoms with E-state index in [4.69, 9.17) is 10.1 Å². The fourth-order valence-corrected chi connectivity index (χ4v) is 2.24. The number of nitrogens with one attached hydrogen (secondary N) is 1. The zero-order valence-electron chi connectivity index (χ0n) is 8.25. The Hall–Kier alpha value is -0.570. The molecule has 0 aromatic rings. The van der Waals surface area contributed by atoms with Crippen LogP contribution in [0.5, 0.6) is 0 Å². The van der Waals surface area contributed by atoms with Crippen LogP contribution in [-0.4, -0.2) is 36.5 Å². The molecule has 0 radical (unpaired) electrons. The van der Waals surface area contributed by atoms with Crippen molar-refractivity contribution in [1.29, 1.82) is 5.41 Å². The van der Waals surface area contributed by atoms with Gasteiger partial charge in [-0.05, 0) is 25.7 Å². The molecule has 1 saturated carbocycles. The molecule has 0 atom stereocenters. The highest BCUT2D eigenvalue weighted by molar-refractivity contribution is 5.80. The summed E-state index contributed by atoms with van der Waals surface area (Å²) in [5.74, 6) is 0.853. The van der Waals surface area contributed by atoms with Crippen molar-refractivity contribution in [3.05, 3.63) is 0 Å². The van der Waals surface area contributed by atoms with Crippen LogP contribution < -0.4 is 0 Å². The topological polar surface area (TPSA) is 36.3 Å². The Morgan fingerprint density at radius 1 is 1.38 bits per heavy atom. The summed E-state index contributed by atoms with van der Waals surface area (Å²) in [6.07, 6.45) is 6.15. The number of hydrogen-bond donors (Lipinski definition) is 1. The molecule has 3 heteroatoms. The van der Waals surface area contributed by atoms with Gasteiger partial charge in [-0.2, -0.15) is 0 Å². The highest BCUT2D eigenvalue weighted by Crippen LogP contribution is 2.30. The second-order valence-corrected chi connectivity index (χ2v) is 4.08. The van der Waals surface area contributed by atoms with E-state index in [-0.39, 0.29) is 0 Å². The lowest BCUT2D eigenvalue weighted by atomic mass is 9.86. The fraction of sp³-hybridized carbons (Fsp3) is 0.900. The second kappa shape index (κ2) is 3.66. The average molecular weight is 182 g/mol. The molecule has 2 aliphatic rings. The molecule has 0 unspecified atom stereocenters. The summed E-state index contributed by atoms with van der Waals surface area (Å²) in [5, 5.41) is 7.82. The first-order chi connectivity index (χ1) is 6.31. The molecule has 1 N–H and O–H groups in total. The molecule has 3 nitrogen and oxygen atoms in total. The highest BCUT2D eigenvalue weighted by atomic mass is 16.5. The number of methoxy groups -OCH3 is 1. The Morgan fingerprint density at radius 2 is 2.15 bits per heavy atom. The van der Waals surface area contributed by atoms with Crippen LogP contribution in [0.3, 0.4) is 0 Å². The zero-order valence-corrected chi connectivity index (χ0v) is 8.25. The lowest BCUT2D eigenvalue weighted by molar-refractivity contribution is -0.0100. The Balaban J connectivity index is 1.84. The van der Waals surface area contributed by atoms with Crippen molar-refractivity contribution in [2.45, 2.75) is 44.2 Å². The van der Waals surface area contributed by atoms with Crippen LogP contribution in [0.1, 0.15) is 32.1 Å². The molecule has 1 aliphatic carbocycles. The third-order valence-corrected chi connectivity index (χ3v) is 3.25. The first-order valence-electron chi connectivity index (χ1n) is 5.18. The molecule has 0 amide bonds. The zero-order chi connectivity index (χ0) is 9.26. The van der Waals surface area contributed by atoms with E-state index >= 15 is 0 Å². The minimum Gasteiger partial charge on any atom is -0.381 e. The van der Waals surface area contributed by atoms with E-state index in [1.165, 1.54) is 12.8 Å². The Labute approximate surface area is 79.6 Å². The molecule has 1 aliphatic heterocycles. The molecule has 0 bridgehead atoms. The number of rotatable bonds is 2. The van der Waals surface area contributed by atoms with Gasteiger partial charge < -0.3 is 9.64 Å². The summed E-state index contributed by atoms with van der Waals surface area (Å²) in [5.41, 5.74) is 0. The highest BCUT2D eigenvalue weighted by Gasteiger charge is 2.35. The first-order valence-corrected chi connectivity index (χ1v) is 5.18. The fourth-order valence-electron chi connectivity index (χ4n) is 2.24. The Bertz CT molecular complexity index is 199. The molecule has 1 saturated heterocycles. The molecule has 2 fully saturated rings. The summed E-state index contributed by atoms with van der Waals surface area (Å²) >= 11 is 0. The van der Waals surface area contributed by atoms with Crippen LogP contribution >= 0.6 is 0 Å². The van der Waals surface area contributed by atoms with E-state index in [2.05, 4.69) is 4.90 Å². The van der Waals surface area contributed by atoms with Gasteiger partial charge in [-0.1, -0.05) is 0 Å². The maximum absolute atomic E-state index is 7.82. The van der Waals surface area contributed by atoms with Crippen LogP contribution in [0.25, 0.3) is 0 Å². The van der Waals surface area contributed by atoms with E-state index in [9.17, 15) is 0 Å². The Kier molecular flexibility index (Phi) is 2.54. The van der Waals surface area contributed by atoms with Crippen LogP contribution in [0, 0.1) is 5.41 Å². The van der Waals surface area contributed by atoms with Crippen molar-refractivity contribution >= 4 is 5.84 Å². The minimum atomic E-state index is 0.458. The summed E-state index contributed by atoms with van der Waals surface area (Å²) in [6, 6.07) is 0.609. The smallest absolute Gasteiger partial charge is 0.0960 e. The summed E-state index contributed by atoms with van der Waals surface area (Å²) in [4.78, 5) is 2.28. The van der Waals surface area contributed by atoms with E-state index in [1.54, 1.807) is 7.11 Å². The van der Waals surface area contributed by atoms with E-state index in [0.717, 1.165) is 31.6 Å². The molecule has 13 heavy (non-hydrogen) atoms. The molecule has 74 valence electrons. The van der Waals surface area contributed by atoms with Gasteiger partial charge in [-0.3, -0.25) is 5.41 Å². The first kappa shape index (κ1) is 9.00. The molecular formula is C10H18N2O. The van der Waals surface area contributed by atoms with Crippen molar-refractivity contribution in [3.8, 4) is 0 Å². The molecule has 0 aromatic carbocycles. The quantitative estimate of drug-likeness (QED) is 0.704. The number of ether oxygens (including phenoxy) is 1. The molecule has 2 rings (SSSR count). The normalized spacial score (nSPS) is 34.5. The van der Waals surface area contributed by atoms with E-state index in [1.807, 2.05) is 0 Å². The van der Waals surface area contributed by atoms with Gasteiger partial charge in [0.15, 0.2) is 0 Å². The SMILES string of the molecule is COC1CC(N2CCCCC2=N)C1. The number of piperidine rings is 1. The standard InChI is InChI=1S/C10H18N2O/c1-13-9-6-8(7-9)12-5-3-2-4-10(12)11/h8-9,11H,2-7H2,1H3. The van der Waals surface area contributed by atoms with Gasteiger partial charge in [0.25, 0.3) is 0 Å². The summed E-state index contributed by atoms with van der Waals surface area (Å²) in [6.45, 7) is 1.10. The number of amidine groups is 1. The van der Waals surface area contributed by atoms with Crippen molar-refractivity contribution in [3.63, 3.8) is 0 Å². The van der Waals surface area contributed by atoms with Crippen molar-refractivity contribution in [1.82, 2.24) is 4.90 Å². The van der Waals surface area contributed by atoms with Gasteiger partial charge in [-0.25, -0.2) is 0 Å². The molecule has 0 spiro atoms. The number of nitrogens with zero attached hydrogens (tertiary/aromatic N) is 1. The predicted molar refractivity (Wildman–Crippen MR) is 52.1 cm³/mol. The van der Waals surface area contributed by atoms with Crippen molar-refractivity contribution < 1.29 is 4.74 Å². The third-order valence-electron chi connectivity index (χ3n) is 3.25. The van der Waals surface area contributed by atoms with Crippen LogP contribution in [0.15, 0.2) is 0 Å². The van der Waals surface area contributed by atoms with Gasteiger partial charge in [0.1, 0.15) is 0 Å². The van der Waals surface area contributed by atoms with E-state index < -0.39 is 0 Å². The predicted octanol–water partition coefficient (Wildman–Crippen LogP) is 1.63.